The van der Waals surface area contributed by atoms with Gasteiger partial charge in [0.25, 0.3) is 0 Å². The molecular weight excluding hydrogens is 590 g/mol. The number of carbonyl (C=O) groups excluding carboxylic acids is 4. The minimum atomic E-state index is -0.862. The number of hydrogen-bond acceptors (Lipinski definition) is 7. The number of benzene rings is 2. The molecule has 236 valence electrons. The Morgan fingerprint density at radius 3 is 2.62 bits per heavy atom. The zero-order chi connectivity index (χ0) is 31.5. The number of amides is 3. The predicted molar refractivity (Wildman–Crippen MR) is 172 cm³/mol. The van der Waals surface area contributed by atoms with Crippen molar-refractivity contribution >= 4 is 51.0 Å². The molecule has 2 aromatic carbocycles. The van der Waals surface area contributed by atoms with Crippen LogP contribution in [0.25, 0.3) is 10.2 Å². The lowest BCUT2D eigenvalue weighted by molar-refractivity contribution is -0.157. The number of para-hydroxylation sites is 1. The quantitative estimate of drug-likeness (QED) is 0.177. The topological polar surface area (TPSA) is 153 Å². The summed E-state index contributed by atoms with van der Waals surface area (Å²) in [4.78, 5) is 64.0. The summed E-state index contributed by atoms with van der Waals surface area (Å²) in [5.74, 6) is -1.02. The minimum Gasteiger partial charge on any atom is -0.370 e. The SMILES string of the molecule is N=C(N)N1CCC[C@@H](C[C@H](NC(=O)[C@@H]2CC[C@H]3C(=O)N(CCCc4ccccc4)CC(=O)N23)C(=O)c2nc3ccccc3s2)C1. The number of piperidine rings is 1. The van der Waals surface area contributed by atoms with E-state index in [0.717, 1.165) is 35.9 Å². The average molecular weight is 630 g/mol. The van der Waals surface area contributed by atoms with Crippen LogP contribution in [0.4, 0.5) is 0 Å². The predicted octanol–water partition coefficient (Wildman–Crippen LogP) is 2.79. The first-order valence-electron chi connectivity index (χ1n) is 15.7. The maximum absolute atomic E-state index is 13.9. The van der Waals surface area contributed by atoms with Crippen molar-refractivity contribution < 1.29 is 19.2 Å². The van der Waals surface area contributed by atoms with Gasteiger partial charge in [-0.2, -0.15) is 0 Å². The van der Waals surface area contributed by atoms with E-state index in [1.165, 1.54) is 21.8 Å². The summed E-state index contributed by atoms with van der Waals surface area (Å²) < 4.78 is 0.885. The van der Waals surface area contributed by atoms with E-state index in [1.54, 1.807) is 9.80 Å². The summed E-state index contributed by atoms with van der Waals surface area (Å²) in [7, 11) is 0. The molecule has 0 unspecified atom stereocenters. The van der Waals surface area contributed by atoms with E-state index in [2.05, 4.69) is 10.3 Å². The molecule has 0 aliphatic carbocycles. The van der Waals surface area contributed by atoms with Crippen molar-refractivity contribution in [3.05, 3.63) is 65.2 Å². The second kappa shape index (κ2) is 13.4. The number of ketones is 1. The Bertz CT molecular complexity index is 1560. The van der Waals surface area contributed by atoms with Crippen molar-refractivity contribution in [2.45, 2.75) is 63.1 Å². The Kier molecular flexibility index (Phi) is 9.11. The lowest BCUT2D eigenvalue weighted by Crippen LogP contribution is -2.62. The lowest BCUT2D eigenvalue weighted by atomic mass is 9.89. The summed E-state index contributed by atoms with van der Waals surface area (Å²) in [5, 5.41) is 11.2. The van der Waals surface area contributed by atoms with E-state index in [-0.39, 0.29) is 36.0 Å². The van der Waals surface area contributed by atoms with Gasteiger partial charge in [-0.3, -0.25) is 24.6 Å². The van der Waals surface area contributed by atoms with E-state index in [0.29, 0.717) is 43.9 Å². The molecule has 11 nitrogen and oxygen atoms in total. The van der Waals surface area contributed by atoms with Crippen molar-refractivity contribution in [2.24, 2.45) is 11.7 Å². The Balaban J connectivity index is 1.14. The third kappa shape index (κ3) is 6.70. The smallest absolute Gasteiger partial charge is 0.245 e. The van der Waals surface area contributed by atoms with Crippen LogP contribution in [0.5, 0.6) is 0 Å². The third-order valence-electron chi connectivity index (χ3n) is 9.20. The normalized spacial score (nSPS) is 22.4. The number of piperazine rings is 1. The molecule has 45 heavy (non-hydrogen) atoms. The fraction of sp³-hybridized carbons (Fsp3) is 0.455. The molecule has 3 saturated heterocycles. The Labute approximate surface area is 266 Å². The van der Waals surface area contributed by atoms with Gasteiger partial charge in [0.2, 0.25) is 23.5 Å². The number of thiazole rings is 1. The van der Waals surface area contributed by atoms with Gasteiger partial charge >= 0.3 is 0 Å². The second-order valence-electron chi connectivity index (χ2n) is 12.2. The number of rotatable bonds is 10. The van der Waals surface area contributed by atoms with Gasteiger partial charge in [0.15, 0.2) is 11.0 Å². The summed E-state index contributed by atoms with van der Waals surface area (Å²) >= 11 is 1.29. The summed E-state index contributed by atoms with van der Waals surface area (Å²) in [6.07, 6.45) is 4.36. The molecule has 12 heteroatoms. The van der Waals surface area contributed by atoms with Crippen molar-refractivity contribution in [1.82, 2.24) is 25.0 Å². The molecule has 3 aliphatic rings. The van der Waals surface area contributed by atoms with Crippen LogP contribution in [0.15, 0.2) is 54.6 Å². The van der Waals surface area contributed by atoms with Crippen LogP contribution in [0.1, 0.15) is 53.9 Å². The molecule has 3 fully saturated rings. The van der Waals surface area contributed by atoms with E-state index < -0.39 is 24.0 Å². The number of likely N-dealkylation sites (tertiary alicyclic amines) is 1. The fourth-order valence-electron chi connectivity index (χ4n) is 6.94. The van der Waals surface area contributed by atoms with E-state index in [4.69, 9.17) is 11.1 Å². The summed E-state index contributed by atoms with van der Waals surface area (Å²) in [6.45, 7) is 1.65. The van der Waals surface area contributed by atoms with Crippen LogP contribution in [-0.2, 0) is 20.8 Å². The van der Waals surface area contributed by atoms with Crippen molar-refractivity contribution in [1.29, 1.82) is 5.41 Å². The van der Waals surface area contributed by atoms with Gasteiger partial charge in [-0.05, 0) is 68.6 Å². The van der Waals surface area contributed by atoms with Gasteiger partial charge in [0, 0.05) is 19.6 Å². The van der Waals surface area contributed by atoms with Crippen LogP contribution >= 0.6 is 11.3 Å². The third-order valence-corrected chi connectivity index (χ3v) is 10.3. The van der Waals surface area contributed by atoms with E-state index >= 15 is 0 Å². The van der Waals surface area contributed by atoms with Gasteiger partial charge < -0.3 is 25.8 Å². The number of nitrogens with two attached hydrogens (primary N) is 1. The highest BCUT2D eigenvalue weighted by Crippen LogP contribution is 2.31. The molecule has 6 rings (SSSR count). The van der Waals surface area contributed by atoms with Crippen LogP contribution in [0, 0.1) is 11.3 Å². The number of hydrogen-bond donors (Lipinski definition) is 3. The molecule has 4 atom stereocenters. The van der Waals surface area contributed by atoms with Crippen LogP contribution < -0.4 is 11.1 Å². The zero-order valence-electron chi connectivity index (χ0n) is 25.2. The van der Waals surface area contributed by atoms with Gasteiger partial charge in [-0.1, -0.05) is 42.5 Å². The number of guanidine groups is 1. The van der Waals surface area contributed by atoms with E-state index in [1.807, 2.05) is 54.6 Å². The number of nitrogens with zero attached hydrogens (tertiary/aromatic N) is 4. The molecule has 0 saturated carbocycles. The van der Waals surface area contributed by atoms with E-state index in [9.17, 15) is 19.2 Å². The van der Waals surface area contributed by atoms with Crippen molar-refractivity contribution in [3.8, 4) is 0 Å². The van der Waals surface area contributed by atoms with Crippen molar-refractivity contribution in [2.75, 3.05) is 26.2 Å². The summed E-state index contributed by atoms with van der Waals surface area (Å²) in [5.41, 5.74) is 7.67. The van der Waals surface area contributed by atoms with Gasteiger partial charge in [-0.15, -0.1) is 11.3 Å². The Morgan fingerprint density at radius 2 is 1.84 bits per heavy atom. The number of carbonyl (C=O) groups is 4. The maximum atomic E-state index is 13.9. The number of fused-ring (bicyclic) bond motifs is 2. The highest BCUT2D eigenvalue weighted by molar-refractivity contribution is 7.20. The van der Waals surface area contributed by atoms with Gasteiger partial charge in [0.05, 0.1) is 22.8 Å². The molecule has 4 N–H and O–H groups in total. The molecule has 3 amide bonds. The van der Waals surface area contributed by atoms with Crippen LogP contribution in [0.3, 0.4) is 0 Å². The first kappa shape index (κ1) is 30.7. The first-order valence-corrected chi connectivity index (χ1v) is 16.5. The molecule has 0 radical (unpaired) electrons. The standard InChI is InChI=1S/C33H39N7O4S/c34-33(35)39-17-7-11-22(19-39)18-24(29(42)31-37-23-12-4-5-13-27(23)45-31)36-30(43)25-14-15-26-32(44)38(20-28(41)40(25)26)16-6-10-21-8-2-1-3-9-21/h1-5,8-9,12-13,22,24-26H,6-7,10-11,14-20H2,(H3,34,35)(H,36,43)/t22-,24-,25-,26-/m0/s1. The molecule has 3 aliphatic heterocycles. The zero-order valence-corrected chi connectivity index (χ0v) is 26.0. The Hall–Kier alpha value is -4.32. The number of aryl methyl sites for hydroxylation is 1. The fourth-order valence-corrected chi connectivity index (χ4v) is 7.90. The number of Topliss-reactive ketones (excluding diaryl/α,β-unsaturated/α-hetero) is 1. The lowest BCUT2D eigenvalue weighted by Gasteiger charge is -2.39. The molecule has 0 bridgehead atoms. The average Bonchev–Trinajstić information content (AvgIpc) is 3.69. The molecule has 1 aromatic heterocycles. The summed E-state index contributed by atoms with van der Waals surface area (Å²) in [6, 6.07) is 15.2. The monoisotopic (exact) mass is 629 g/mol. The van der Waals surface area contributed by atoms with Crippen LogP contribution in [0.2, 0.25) is 0 Å². The molecule has 3 aromatic rings. The van der Waals surface area contributed by atoms with Crippen LogP contribution in [-0.4, -0.2) is 93.5 Å². The molecule has 4 heterocycles. The maximum Gasteiger partial charge on any atom is 0.245 e. The molecule has 0 spiro atoms. The first-order chi connectivity index (χ1) is 21.8. The largest absolute Gasteiger partial charge is 0.370 e. The molecular formula is C33H39N7O4S. The van der Waals surface area contributed by atoms with Crippen molar-refractivity contribution in [3.63, 3.8) is 0 Å². The van der Waals surface area contributed by atoms with Gasteiger partial charge in [0.1, 0.15) is 12.1 Å². The van der Waals surface area contributed by atoms with Gasteiger partial charge in [-0.25, -0.2) is 4.98 Å². The second-order valence-corrected chi connectivity index (χ2v) is 13.3. The minimum absolute atomic E-state index is 0.00262. The highest BCUT2D eigenvalue weighted by atomic mass is 32.1. The number of aromatic nitrogens is 1. The number of nitrogens with one attached hydrogen (secondary N) is 2. The Morgan fingerprint density at radius 1 is 1.07 bits per heavy atom. The highest BCUT2D eigenvalue weighted by Gasteiger charge is 2.49.